The molecular formula is C11H17ClO4. The largest absolute Gasteiger partial charge is 0.462 e. The number of hydrogen-bond acceptors (Lipinski definition) is 4. The predicted molar refractivity (Wildman–Crippen MR) is 61.0 cm³/mol. The number of halogens is 1. The van der Waals surface area contributed by atoms with Crippen LogP contribution in [-0.4, -0.2) is 25.2 Å². The number of carbonyl (C=O) groups is 2. The van der Waals surface area contributed by atoms with Crippen LogP contribution < -0.4 is 0 Å². The van der Waals surface area contributed by atoms with Crippen LogP contribution in [0.5, 0.6) is 0 Å². The first-order valence-corrected chi connectivity index (χ1v) is 5.48. The van der Waals surface area contributed by atoms with Crippen LogP contribution in [0.1, 0.15) is 27.2 Å². The molecule has 0 saturated heterocycles. The SMILES string of the molecule is CCC(C)(C)C(=O)OCCOC(=O)/C=C/Cl. The van der Waals surface area contributed by atoms with Crippen LogP contribution in [0.2, 0.25) is 0 Å². The van der Waals surface area contributed by atoms with Gasteiger partial charge in [-0.2, -0.15) is 0 Å². The van der Waals surface area contributed by atoms with E-state index >= 15 is 0 Å². The monoisotopic (exact) mass is 248 g/mol. The van der Waals surface area contributed by atoms with E-state index in [4.69, 9.17) is 21.1 Å². The maximum Gasteiger partial charge on any atom is 0.331 e. The third-order valence-electron chi connectivity index (χ3n) is 2.20. The van der Waals surface area contributed by atoms with E-state index in [1.54, 1.807) is 13.8 Å². The summed E-state index contributed by atoms with van der Waals surface area (Å²) >= 11 is 5.17. The minimum absolute atomic E-state index is 0.0333. The summed E-state index contributed by atoms with van der Waals surface area (Å²) in [6, 6.07) is 0. The number of hydrogen-bond donors (Lipinski definition) is 0. The topological polar surface area (TPSA) is 52.6 Å². The standard InChI is InChI=1S/C11H17ClO4/c1-4-11(2,3)10(14)16-8-7-15-9(13)5-6-12/h5-6H,4,7-8H2,1-3H3/b6-5+. The van der Waals surface area contributed by atoms with Crippen LogP contribution in [0.15, 0.2) is 11.6 Å². The van der Waals surface area contributed by atoms with Crippen molar-refractivity contribution in [3.8, 4) is 0 Å². The highest BCUT2D eigenvalue weighted by molar-refractivity contribution is 6.26. The van der Waals surface area contributed by atoms with Crippen LogP contribution in [0, 0.1) is 5.41 Å². The normalized spacial score (nSPS) is 11.5. The Bertz CT molecular complexity index is 271. The molecule has 0 bridgehead atoms. The van der Waals surface area contributed by atoms with E-state index in [1.165, 1.54) is 0 Å². The lowest BCUT2D eigenvalue weighted by atomic mass is 9.91. The molecule has 0 aliphatic heterocycles. The van der Waals surface area contributed by atoms with Gasteiger partial charge in [-0.15, -0.1) is 0 Å². The first-order chi connectivity index (χ1) is 7.44. The zero-order valence-electron chi connectivity index (χ0n) is 9.79. The molecule has 0 fully saturated rings. The van der Waals surface area contributed by atoms with Crippen LogP contribution in [0.4, 0.5) is 0 Å². The van der Waals surface area contributed by atoms with Gasteiger partial charge in [-0.05, 0) is 20.3 Å². The fourth-order valence-electron chi connectivity index (χ4n) is 0.716. The summed E-state index contributed by atoms with van der Waals surface area (Å²) in [5.41, 5.74) is 0.564. The Labute approximate surface area is 101 Å². The lowest BCUT2D eigenvalue weighted by molar-refractivity contribution is -0.157. The van der Waals surface area contributed by atoms with Gasteiger partial charge < -0.3 is 9.47 Å². The van der Waals surface area contributed by atoms with Gasteiger partial charge in [0.2, 0.25) is 0 Å². The van der Waals surface area contributed by atoms with Gasteiger partial charge in [-0.3, -0.25) is 4.79 Å². The summed E-state index contributed by atoms with van der Waals surface area (Å²) in [7, 11) is 0. The first kappa shape index (κ1) is 15.0. The van der Waals surface area contributed by atoms with Gasteiger partial charge in [0.1, 0.15) is 13.2 Å². The highest BCUT2D eigenvalue weighted by Gasteiger charge is 2.26. The van der Waals surface area contributed by atoms with E-state index < -0.39 is 11.4 Å². The molecule has 92 valence electrons. The molecule has 0 atom stereocenters. The molecule has 0 N–H and O–H groups in total. The summed E-state index contributed by atoms with van der Waals surface area (Å²) in [6.07, 6.45) is 1.78. The van der Waals surface area contributed by atoms with Crippen molar-refractivity contribution < 1.29 is 19.1 Å². The minimum Gasteiger partial charge on any atom is -0.462 e. The molecule has 0 aromatic rings. The molecule has 0 aromatic carbocycles. The highest BCUT2D eigenvalue weighted by Crippen LogP contribution is 2.21. The third kappa shape index (κ3) is 5.75. The van der Waals surface area contributed by atoms with Crippen molar-refractivity contribution >= 4 is 23.5 Å². The van der Waals surface area contributed by atoms with E-state index in [0.717, 1.165) is 11.6 Å². The molecule has 0 amide bonds. The molecule has 0 unspecified atom stereocenters. The Hall–Kier alpha value is -1.03. The number of carbonyl (C=O) groups excluding carboxylic acids is 2. The van der Waals surface area contributed by atoms with Gasteiger partial charge in [0.05, 0.1) is 5.41 Å². The minimum atomic E-state index is -0.555. The second-order valence-electron chi connectivity index (χ2n) is 3.83. The van der Waals surface area contributed by atoms with Crippen LogP contribution >= 0.6 is 11.6 Å². The summed E-state index contributed by atoms with van der Waals surface area (Å²) < 4.78 is 9.64. The highest BCUT2D eigenvalue weighted by atomic mass is 35.5. The average molecular weight is 249 g/mol. The molecule has 0 radical (unpaired) electrons. The van der Waals surface area contributed by atoms with E-state index in [2.05, 4.69) is 0 Å². The van der Waals surface area contributed by atoms with E-state index in [9.17, 15) is 9.59 Å². The Morgan fingerprint density at radius 1 is 1.25 bits per heavy atom. The molecule has 16 heavy (non-hydrogen) atoms. The van der Waals surface area contributed by atoms with Gasteiger partial charge in [0.25, 0.3) is 0 Å². The molecule has 0 saturated carbocycles. The van der Waals surface area contributed by atoms with E-state index in [0.29, 0.717) is 6.42 Å². The molecule has 0 aromatic heterocycles. The Balaban J connectivity index is 3.75. The fourth-order valence-corrected chi connectivity index (χ4v) is 0.819. The van der Waals surface area contributed by atoms with Gasteiger partial charge in [0.15, 0.2) is 0 Å². The van der Waals surface area contributed by atoms with Crippen molar-refractivity contribution in [2.45, 2.75) is 27.2 Å². The van der Waals surface area contributed by atoms with Crippen molar-refractivity contribution in [1.82, 2.24) is 0 Å². The molecule has 4 nitrogen and oxygen atoms in total. The molecule has 0 spiro atoms. The summed E-state index contributed by atoms with van der Waals surface area (Å²) in [5.74, 6) is -0.847. The molecule has 0 rings (SSSR count). The zero-order chi connectivity index (χ0) is 12.6. The van der Waals surface area contributed by atoms with Crippen molar-refractivity contribution in [2.24, 2.45) is 5.41 Å². The number of ether oxygens (including phenoxy) is 2. The molecule has 5 heteroatoms. The molecule has 0 heterocycles. The van der Waals surface area contributed by atoms with Crippen LogP contribution in [0.3, 0.4) is 0 Å². The van der Waals surface area contributed by atoms with Gasteiger partial charge in [0, 0.05) is 11.6 Å². The van der Waals surface area contributed by atoms with Crippen LogP contribution in [0.25, 0.3) is 0 Å². The Kier molecular flexibility index (Phi) is 6.81. The van der Waals surface area contributed by atoms with Crippen molar-refractivity contribution in [3.05, 3.63) is 11.6 Å². The van der Waals surface area contributed by atoms with Crippen molar-refractivity contribution in [1.29, 1.82) is 0 Å². The smallest absolute Gasteiger partial charge is 0.331 e. The number of rotatable bonds is 6. The quantitative estimate of drug-likeness (QED) is 0.411. The average Bonchev–Trinajstić information content (AvgIpc) is 2.24. The van der Waals surface area contributed by atoms with Gasteiger partial charge in [-0.25, -0.2) is 4.79 Å². The Morgan fingerprint density at radius 3 is 2.31 bits per heavy atom. The molecule has 0 aliphatic rings. The lowest BCUT2D eigenvalue weighted by Gasteiger charge is -2.20. The fraction of sp³-hybridized carbons (Fsp3) is 0.636. The molecular weight excluding hydrogens is 232 g/mol. The zero-order valence-corrected chi connectivity index (χ0v) is 10.5. The van der Waals surface area contributed by atoms with Gasteiger partial charge >= 0.3 is 11.9 Å². The lowest BCUT2D eigenvalue weighted by Crippen LogP contribution is -2.27. The van der Waals surface area contributed by atoms with Crippen molar-refractivity contribution in [2.75, 3.05) is 13.2 Å². The second-order valence-corrected chi connectivity index (χ2v) is 4.09. The van der Waals surface area contributed by atoms with Crippen molar-refractivity contribution in [3.63, 3.8) is 0 Å². The van der Waals surface area contributed by atoms with Crippen LogP contribution in [-0.2, 0) is 19.1 Å². The van der Waals surface area contributed by atoms with E-state index in [-0.39, 0.29) is 19.2 Å². The summed E-state index contributed by atoms with van der Waals surface area (Å²) in [5, 5.41) is 0. The second kappa shape index (κ2) is 7.28. The van der Waals surface area contributed by atoms with E-state index in [1.807, 2.05) is 6.92 Å². The maximum atomic E-state index is 11.5. The number of esters is 2. The Morgan fingerprint density at radius 2 is 1.81 bits per heavy atom. The summed E-state index contributed by atoms with van der Waals surface area (Å²) in [4.78, 5) is 22.3. The molecule has 0 aliphatic carbocycles. The maximum absolute atomic E-state index is 11.5. The third-order valence-corrected chi connectivity index (χ3v) is 2.32. The summed E-state index contributed by atoms with van der Waals surface area (Å²) in [6.45, 7) is 5.61. The predicted octanol–water partition coefficient (Wildman–Crippen LogP) is 2.26. The van der Waals surface area contributed by atoms with Gasteiger partial charge in [-0.1, -0.05) is 18.5 Å². The first-order valence-electron chi connectivity index (χ1n) is 5.04.